The molecule has 2 bridgehead atoms. The van der Waals surface area contributed by atoms with Crippen LogP contribution in [0, 0.1) is 13.8 Å². The minimum atomic E-state index is 1.16. The van der Waals surface area contributed by atoms with E-state index in [0.29, 0.717) is 0 Å². The highest BCUT2D eigenvalue weighted by Gasteiger charge is 2.26. The molecule has 2 nitrogen and oxygen atoms in total. The molecule has 0 radical (unpaired) electrons. The molecule has 0 fully saturated rings. The van der Waals surface area contributed by atoms with Crippen molar-refractivity contribution in [3.05, 3.63) is 139 Å². The summed E-state index contributed by atoms with van der Waals surface area (Å²) in [5.74, 6) is 0. The Kier molecular flexibility index (Phi) is 4.35. The van der Waals surface area contributed by atoms with Crippen molar-refractivity contribution >= 4 is 75.8 Å². The predicted octanol–water partition coefficient (Wildman–Crippen LogP) is 10.3. The zero-order valence-corrected chi connectivity index (χ0v) is 24.0. The molecule has 0 aliphatic heterocycles. The fourth-order valence-corrected chi connectivity index (χ4v) is 8.02. The van der Waals surface area contributed by atoms with Gasteiger partial charge in [0.15, 0.2) is 6.20 Å². The van der Waals surface area contributed by atoms with Gasteiger partial charge in [0.1, 0.15) is 0 Å². The first-order valence-corrected chi connectivity index (χ1v) is 15.0. The first-order chi connectivity index (χ1) is 21.2. The third-order valence-corrected chi connectivity index (χ3v) is 9.79. The largest absolute Gasteiger partial charge is 0.309 e. The lowest BCUT2D eigenvalue weighted by molar-refractivity contribution is -0.566. The average molecular weight is 548 g/mol. The van der Waals surface area contributed by atoms with Crippen molar-refractivity contribution in [1.82, 2.24) is 4.57 Å². The van der Waals surface area contributed by atoms with E-state index in [2.05, 4.69) is 151 Å². The molecule has 43 heavy (non-hydrogen) atoms. The van der Waals surface area contributed by atoms with Gasteiger partial charge in [-0.1, -0.05) is 84.4 Å². The predicted molar refractivity (Wildman–Crippen MR) is 182 cm³/mol. The third kappa shape index (κ3) is 2.85. The molecule has 8 aromatic carbocycles. The zero-order chi connectivity index (χ0) is 28.4. The Balaban J connectivity index is 1.62. The number of para-hydroxylation sites is 1. The van der Waals surface area contributed by atoms with E-state index in [1.807, 2.05) is 0 Å². The summed E-state index contributed by atoms with van der Waals surface area (Å²) in [6, 6.07) is 45.1. The van der Waals surface area contributed by atoms with E-state index < -0.39 is 0 Å². The van der Waals surface area contributed by atoms with Crippen molar-refractivity contribution < 1.29 is 4.57 Å². The molecule has 0 saturated heterocycles. The van der Waals surface area contributed by atoms with Gasteiger partial charge in [-0.3, -0.25) is 0 Å². The van der Waals surface area contributed by atoms with Crippen LogP contribution >= 0.6 is 0 Å². The van der Waals surface area contributed by atoms with Crippen molar-refractivity contribution in [3.8, 4) is 11.4 Å². The minimum absolute atomic E-state index is 1.16. The summed E-state index contributed by atoms with van der Waals surface area (Å²) in [4.78, 5) is 0. The van der Waals surface area contributed by atoms with Crippen molar-refractivity contribution in [2.75, 3.05) is 0 Å². The van der Waals surface area contributed by atoms with Gasteiger partial charge in [-0.15, -0.1) is 0 Å². The average Bonchev–Trinajstić information content (AvgIpc) is 3.54. The number of benzene rings is 6. The molecule has 0 N–H and O–H groups in total. The lowest BCUT2D eigenvalue weighted by Crippen LogP contribution is -2.30. The highest BCUT2D eigenvalue weighted by atomic mass is 15.0. The number of fused-ring (bicyclic) bond motifs is 2. The van der Waals surface area contributed by atoms with E-state index in [4.69, 9.17) is 0 Å². The number of hydrogen-bond acceptors (Lipinski definition) is 0. The second kappa shape index (κ2) is 8.08. The number of aryl methyl sites for hydroxylation is 2. The highest BCUT2D eigenvalue weighted by Crippen LogP contribution is 2.50. The summed E-state index contributed by atoms with van der Waals surface area (Å²) < 4.78 is 4.86. The van der Waals surface area contributed by atoms with Crippen molar-refractivity contribution in [1.29, 1.82) is 0 Å². The molecule has 0 saturated carbocycles. The zero-order valence-electron chi connectivity index (χ0n) is 24.0. The summed E-state index contributed by atoms with van der Waals surface area (Å²) in [6.07, 6.45) is 2.28. The van der Waals surface area contributed by atoms with E-state index in [0.717, 1.165) is 5.69 Å². The van der Waals surface area contributed by atoms with Crippen molar-refractivity contribution in [2.24, 2.45) is 0 Å². The topological polar surface area (TPSA) is 8.81 Å². The molecule has 10 rings (SSSR count). The molecule has 2 heteroatoms. The van der Waals surface area contributed by atoms with Gasteiger partial charge in [0.25, 0.3) is 0 Å². The van der Waals surface area contributed by atoms with E-state index in [1.54, 1.807) is 0 Å². The third-order valence-electron chi connectivity index (χ3n) is 9.79. The summed E-state index contributed by atoms with van der Waals surface area (Å²) >= 11 is 0. The Morgan fingerprint density at radius 2 is 1.16 bits per heavy atom. The van der Waals surface area contributed by atoms with Crippen LogP contribution in [0.25, 0.3) is 87.2 Å². The summed E-state index contributed by atoms with van der Waals surface area (Å²) in [5.41, 5.74) is 8.59. The van der Waals surface area contributed by atoms with Crippen molar-refractivity contribution in [3.63, 3.8) is 0 Å². The summed E-state index contributed by atoms with van der Waals surface area (Å²) in [7, 11) is 0. The van der Waals surface area contributed by atoms with E-state index in [9.17, 15) is 0 Å². The lowest BCUT2D eigenvalue weighted by Gasteiger charge is -2.10. The number of hydrogen-bond donors (Lipinski definition) is 0. The maximum atomic E-state index is 2.49. The Bertz CT molecular complexity index is 2710. The molecule has 0 atom stereocenters. The molecule has 2 heterocycles. The monoisotopic (exact) mass is 547 g/mol. The van der Waals surface area contributed by atoms with Gasteiger partial charge in [-0.05, 0) is 75.3 Å². The molecule has 200 valence electrons. The molecule has 0 aliphatic carbocycles. The number of rotatable bonds is 2. The molecule has 10 aromatic rings. The highest BCUT2D eigenvalue weighted by molar-refractivity contribution is 6.44. The fraction of sp³-hybridized carbons (Fsp3) is 0.0488. The minimum Gasteiger partial charge on any atom is -0.309 e. The standard InChI is InChI=1S/C41H27N2/c1-24-17-19-27(20-18-24)42-22-21-34-37-25(2)36-29(15-8-16-33(36)42)31-13-7-14-32-30-12-6-9-26-23-35(40(37)41(38(26)30)39(31)32)43(34)28-10-4-3-5-11-28/h3-23H,1-2H3/q+1. The Morgan fingerprint density at radius 3 is 1.93 bits per heavy atom. The summed E-state index contributed by atoms with van der Waals surface area (Å²) in [6.45, 7) is 4.49. The number of nitrogens with zero attached hydrogens (tertiary/aromatic N) is 2. The van der Waals surface area contributed by atoms with Crippen molar-refractivity contribution in [2.45, 2.75) is 13.8 Å². The Hall–Kier alpha value is -5.47. The van der Waals surface area contributed by atoms with Gasteiger partial charge < -0.3 is 4.57 Å². The first kappa shape index (κ1) is 23.1. The van der Waals surface area contributed by atoms with E-state index >= 15 is 0 Å². The second-order valence-electron chi connectivity index (χ2n) is 12.1. The fourth-order valence-electron chi connectivity index (χ4n) is 8.02. The van der Waals surface area contributed by atoms with Crippen LogP contribution in [-0.2, 0) is 0 Å². The Labute approximate surface area is 248 Å². The molecule has 0 unspecified atom stereocenters. The van der Waals surface area contributed by atoms with E-state index in [1.165, 1.54) is 92.6 Å². The van der Waals surface area contributed by atoms with Gasteiger partial charge in [0, 0.05) is 46.1 Å². The normalized spacial score (nSPS) is 12.4. The summed E-state index contributed by atoms with van der Waals surface area (Å²) in [5, 5.41) is 14.7. The maximum absolute atomic E-state index is 2.49. The van der Waals surface area contributed by atoms with Gasteiger partial charge in [-0.25, -0.2) is 0 Å². The smallest absolute Gasteiger partial charge is 0.219 e. The van der Waals surface area contributed by atoms with Gasteiger partial charge >= 0.3 is 0 Å². The SMILES string of the molecule is Cc1ccc(-[n+]2ccc3c4c(C)c5c(cccc52)c2cccc5c6cccc7cc(c4c(c76)c25)n3-c2ccccc2)cc1. The van der Waals surface area contributed by atoms with Gasteiger partial charge in [0.2, 0.25) is 11.2 Å². The molecular weight excluding hydrogens is 520 g/mol. The van der Waals surface area contributed by atoms with Crippen LogP contribution in [0.5, 0.6) is 0 Å². The molecular formula is C41H27N2+. The maximum Gasteiger partial charge on any atom is 0.219 e. The Morgan fingerprint density at radius 1 is 0.488 bits per heavy atom. The molecule has 0 spiro atoms. The lowest BCUT2D eigenvalue weighted by atomic mass is 9.93. The van der Waals surface area contributed by atoms with Crippen LogP contribution in [0.4, 0.5) is 0 Å². The van der Waals surface area contributed by atoms with Gasteiger partial charge in [0.05, 0.1) is 16.4 Å². The number of aromatic nitrogens is 2. The van der Waals surface area contributed by atoms with Crippen LogP contribution in [0.15, 0.2) is 128 Å². The molecule has 0 aliphatic rings. The quantitative estimate of drug-likeness (QED) is 0.190. The van der Waals surface area contributed by atoms with Crippen LogP contribution in [-0.4, -0.2) is 4.57 Å². The molecule has 0 amide bonds. The first-order valence-electron chi connectivity index (χ1n) is 15.0. The van der Waals surface area contributed by atoms with Gasteiger partial charge in [-0.2, -0.15) is 4.57 Å². The van der Waals surface area contributed by atoms with Crippen LogP contribution < -0.4 is 4.57 Å². The van der Waals surface area contributed by atoms with E-state index in [-0.39, 0.29) is 0 Å². The van der Waals surface area contributed by atoms with Crippen LogP contribution in [0.2, 0.25) is 0 Å². The molecule has 2 aromatic heterocycles. The van der Waals surface area contributed by atoms with Crippen LogP contribution in [0.3, 0.4) is 0 Å². The van der Waals surface area contributed by atoms with Crippen LogP contribution in [0.1, 0.15) is 11.1 Å². The second-order valence-corrected chi connectivity index (χ2v) is 12.1.